The van der Waals surface area contributed by atoms with Crippen molar-refractivity contribution in [1.29, 1.82) is 0 Å². The van der Waals surface area contributed by atoms with Crippen molar-refractivity contribution in [2.24, 2.45) is 0 Å². The molecule has 0 radical (unpaired) electrons. The Balaban J connectivity index is 1.85. The summed E-state index contributed by atoms with van der Waals surface area (Å²) in [4.78, 5) is 24.0. The van der Waals surface area contributed by atoms with Gasteiger partial charge in [-0.3, -0.25) is 9.59 Å². The summed E-state index contributed by atoms with van der Waals surface area (Å²) in [5.41, 5.74) is 1.86. The minimum Gasteiger partial charge on any atom is -0.355 e. The summed E-state index contributed by atoms with van der Waals surface area (Å²) in [6.07, 6.45) is 0.341. The molecule has 0 saturated carbocycles. The molecule has 0 spiro atoms. The Kier molecular flexibility index (Phi) is 7.09. The van der Waals surface area contributed by atoms with E-state index in [4.69, 9.17) is 0 Å². The molecule has 0 aromatic heterocycles. The van der Waals surface area contributed by atoms with Gasteiger partial charge in [-0.05, 0) is 37.2 Å². The van der Waals surface area contributed by atoms with Crippen LogP contribution in [0.5, 0.6) is 0 Å². The van der Waals surface area contributed by atoms with Gasteiger partial charge in [-0.15, -0.1) is 0 Å². The predicted molar refractivity (Wildman–Crippen MR) is 104 cm³/mol. The van der Waals surface area contributed by atoms with Crippen LogP contribution in [0.15, 0.2) is 53.4 Å². The first-order chi connectivity index (χ1) is 12.8. The molecule has 0 aliphatic heterocycles. The molecule has 144 valence electrons. The van der Waals surface area contributed by atoms with Gasteiger partial charge in [-0.1, -0.05) is 36.4 Å². The zero-order valence-corrected chi connectivity index (χ0v) is 16.1. The normalized spacial score (nSPS) is 11.0. The number of hydrogen-bond acceptors (Lipinski definition) is 4. The van der Waals surface area contributed by atoms with Crippen molar-refractivity contribution in [3.05, 3.63) is 59.7 Å². The van der Waals surface area contributed by atoms with Crippen LogP contribution in [0.3, 0.4) is 0 Å². The molecule has 2 aromatic carbocycles. The molecular formula is C19H23N3O4S. The summed E-state index contributed by atoms with van der Waals surface area (Å²) in [5, 5.41) is 5.34. The minimum atomic E-state index is -3.60. The summed E-state index contributed by atoms with van der Waals surface area (Å²) >= 11 is 0. The zero-order chi connectivity index (χ0) is 19.9. The molecule has 0 atom stereocenters. The summed E-state index contributed by atoms with van der Waals surface area (Å²) in [6.45, 7) is 1.88. The third-order valence-corrected chi connectivity index (χ3v) is 5.47. The minimum absolute atomic E-state index is 0.0858. The molecule has 0 heterocycles. The number of carbonyl (C=O) groups excluding carboxylic acids is 2. The summed E-state index contributed by atoms with van der Waals surface area (Å²) < 4.78 is 26.2. The Labute approximate surface area is 159 Å². The van der Waals surface area contributed by atoms with Crippen LogP contribution in [0, 0.1) is 6.92 Å². The lowest BCUT2D eigenvalue weighted by Gasteiger charge is -2.11. The maximum Gasteiger partial charge on any atom is 0.240 e. The fraction of sp³-hybridized carbons (Fsp3) is 0.263. The van der Waals surface area contributed by atoms with Gasteiger partial charge in [-0.25, -0.2) is 13.1 Å². The topological polar surface area (TPSA) is 104 Å². The van der Waals surface area contributed by atoms with E-state index in [1.54, 1.807) is 19.1 Å². The Hall–Kier alpha value is -2.71. The third-order valence-electron chi connectivity index (χ3n) is 3.91. The lowest BCUT2D eigenvalue weighted by atomic mass is 10.1. The summed E-state index contributed by atoms with van der Waals surface area (Å²) in [7, 11) is -2.27. The number of amides is 2. The van der Waals surface area contributed by atoms with Crippen molar-refractivity contribution < 1.29 is 18.0 Å². The van der Waals surface area contributed by atoms with Gasteiger partial charge in [0.15, 0.2) is 0 Å². The number of aryl methyl sites for hydroxylation is 1. The van der Waals surface area contributed by atoms with Crippen LogP contribution in [0.2, 0.25) is 0 Å². The molecule has 2 rings (SSSR count). The van der Waals surface area contributed by atoms with E-state index < -0.39 is 10.0 Å². The van der Waals surface area contributed by atoms with Gasteiger partial charge in [0.1, 0.15) is 0 Å². The number of nitrogens with one attached hydrogen (secondary N) is 3. The van der Waals surface area contributed by atoms with E-state index in [-0.39, 0.29) is 36.1 Å². The van der Waals surface area contributed by atoms with Crippen LogP contribution in [0.1, 0.15) is 17.5 Å². The van der Waals surface area contributed by atoms with Crippen molar-refractivity contribution in [2.45, 2.75) is 24.7 Å². The van der Waals surface area contributed by atoms with E-state index in [1.807, 2.05) is 30.3 Å². The summed E-state index contributed by atoms with van der Waals surface area (Å²) in [6, 6.07) is 14.0. The second-order valence-corrected chi connectivity index (χ2v) is 7.85. The first kappa shape index (κ1) is 20.6. The van der Waals surface area contributed by atoms with Crippen LogP contribution >= 0.6 is 0 Å². The average Bonchev–Trinajstić information content (AvgIpc) is 2.64. The predicted octanol–water partition coefficient (Wildman–Crippen LogP) is 1.59. The Morgan fingerprint density at radius 2 is 1.70 bits per heavy atom. The van der Waals surface area contributed by atoms with Crippen LogP contribution < -0.4 is 15.4 Å². The van der Waals surface area contributed by atoms with Gasteiger partial charge >= 0.3 is 0 Å². The molecule has 3 N–H and O–H groups in total. The molecule has 0 aliphatic rings. The SMILES string of the molecule is CNS(=O)(=O)c1cc(NC(=O)CCNC(=O)Cc2ccccc2)ccc1C. The first-order valence-corrected chi connectivity index (χ1v) is 9.95. The molecule has 27 heavy (non-hydrogen) atoms. The molecule has 0 unspecified atom stereocenters. The first-order valence-electron chi connectivity index (χ1n) is 8.46. The zero-order valence-electron chi connectivity index (χ0n) is 15.3. The fourth-order valence-corrected chi connectivity index (χ4v) is 3.45. The van der Waals surface area contributed by atoms with Gasteiger partial charge < -0.3 is 10.6 Å². The number of rotatable bonds is 8. The molecular weight excluding hydrogens is 366 g/mol. The van der Waals surface area contributed by atoms with E-state index >= 15 is 0 Å². The summed E-state index contributed by atoms with van der Waals surface area (Å²) in [5.74, 6) is -0.474. The highest BCUT2D eigenvalue weighted by Gasteiger charge is 2.15. The van der Waals surface area contributed by atoms with Crippen LogP contribution in [0.4, 0.5) is 5.69 Å². The highest BCUT2D eigenvalue weighted by Crippen LogP contribution is 2.20. The average molecular weight is 389 g/mol. The monoisotopic (exact) mass is 389 g/mol. The van der Waals surface area contributed by atoms with Gasteiger partial charge in [0.2, 0.25) is 21.8 Å². The van der Waals surface area contributed by atoms with Crippen molar-refractivity contribution >= 4 is 27.5 Å². The van der Waals surface area contributed by atoms with Crippen LogP contribution in [-0.4, -0.2) is 33.8 Å². The van der Waals surface area contributed by atoms with E-state index in [2.05, 4.69) is 15.4 Å². The van der Waals surface area contributed by atoms with Crippen molar-refractivity contribution in [1.82, 2.24) is 10.0 Å². The van der Waals surface area contributed by atoms with Gasteiger partial charge in [0, 0.05) is 18.7 Å². The van der Waals surface area contributed by atoms with E-state index in [0.717, 1.165) is 5.56 Å². The van der Waals surface area contributed by atoms with E-state index in [0.29, 0.717) is 11.3 Å². The molecule has 0 bridgehead atoms. The fourth-order valence-electron chi connectivity index (χ4n) is 2.46. The highest BCUT2D eigenvalue weighted by molar-refractivity contribution is 7.89. The largest absolute Gasteiger partial charge is 0.355 e. The van der Waals surface area contributed by atoms with Crippen LogP contribution in [-0.2, 0) is 26.0 Å². The molecule has 0 aliphatic carbocycles. The second kappa shape index (κ2) is 9.29. The third kappa shape index (κ3) is 6.19. The van der Waals surface area contributed by atoms with Crippen LogP contribution in [0.25, 0.3) is 0 Å². The van der Waals surface area contributed by atoms with E-state index in [1.165, 1.54) is 13.1 Å². The Bertz CT molecular complexity index is 912. The van der Waals surface area contributed by atoms with Gasteiger partial charge in [-0.2, -0.15) is 0 Å². The quantitative estimate of drug-likeness (QED) is 0.638. The van der Waals surface area contributed by atoms with Crippen molar-refractivity contribution in [2.75, 3.05) is 18.9 Å². The van der Waals surface area contributed by atoms with Gasteiger partial charge in [0.05, 0.1) is 11.3 Å². The lowest BCUT2D eigenvalue weighted by Crippen LogP contribution is -2.29. The molecule has 0 saturated heterocycles. The Morgan fingerprint density at radius 3 is 2.37 bits per heavy atom. The molecule has 0 fully saturated rings. The maximum absolute atomic E-state index is 12.0. The number of hydrogen-bond donors (Lipinski definition) is 3. The second-order valence-electron chi connectivity index (χ2n) is 6.00. The number of anilines is 1. The highest BCUT2D eigenvalue weighted by atomic mass is 32.2. The molecule has 2 aromatic rings. The lowest BCUT2D eigenvalue weighted by molar-refractivity contribution is -0.120. The Morgan fingerprint density at radius 1 is 1.00 bits per heavy atom. The standard InChI is InChI=1S/C19H23N3O4S/c1-14-8-9-16(13-17(14)27(25,26)20-2)22-18(23)10-11-21-19(24)12-15-6-4-3-5-7-15/h3-9,13,20H,10-12H2,1-2H3,(H,21,24)(H,22,23). The molecule has 7 nitrogen and oxygen atoms in total. The van der Waals surface area contributed by atoms with Gasteiger partial charge in [0.25, 0.3) is 0 Å². The van der Waals surface area contributed by atoms with Crippen molar-refractivity contribution in [3.63, 3.8) is 0 Å². The maximum atomic E-state index is 12.0. The molecule has 8 heteroatoms. The van der Waals surface area contributed by atoms with Crippen molar-refractivity contribution in [3.8, 4) is 0 Å². The number of carbonyl (C=O) groups is 2. The number of sulfonamides is 1. The molecule has 2 amide bonds. The smallest absolute Gasteiger partial charge is 0.240 e. The number of benzene rings is 2. The van der Waals surface area contributed by atoms with E-state index in [9.17, 15) is 18.0 Å².